The van der Waals surface area contributed by atoms with Gasteiger partial charge in [-0.2, -0.15) is 4.31 Å². The number of hydrogen-bond donors (Lipinski definition) is 1. The summed E-state index contributed by atoms with van der Waals surface area (Å²) in [4.78, 5) is 12.4. The number of nitrogens with zero attached hydrogens (tertiary/aromatic N) is 1. The third kappa shape index (κ3) is 3.84. The SMILES string of the molecule is COc1ccccc1C(=O)Nc1ccc(S(=O)(=O)N2CCOCC2)s1. The normalized spacial score (nSPS) is 15.7. The van der Waals surface area contributed by atoms with E-state index in [1.165, 1.54) is 17.5 Å². The fourth-order valence-corrected chi connectivity index (χ4v) is 5.22. The van der Waals surface area contributed by atoms with Gasteiger partial charge in [0.1, 0.15) is 9.96 Å². The Labute approximate surface area is 150 Å². The van der Waals surface area contributed by atoms with Gasteiger partial charge in [-0.05, 0) is 24.3 Å². The molecule has 0 saturated carbocycles. The Morgan fingerprint density at radius 1 is 1.20 bits per heavy atom. The van der Waals surface area contributed by atoms with Gasteiger partial charge in [0, 0.05) is 13.1 Å². The van der Waals surface area contributed by atoms with E-state index >= 15 is 0 Å². The Morgan fingerprint density at radius 2 is 1.92 bits per heavy atom. The molecule has 1 aromatic heterocycles. The topological polar surface area (TPSA) is 84.9 Å². The molecule has 25 heavy (non-hydrogen) atoms. The first kappa shape index (κ1) is 17.9. The highest BCUT2D eigenvalue weighted by Crippen LogP contribution is 2.30. The standard InChI is InChI=1S/C16H18N2O5S2/c1-22-13-5-3-2-4-12(13)16(19)17-14-6-7-15(24-14)25(20,21)18-8-10-23-11-9-18/h2-7H,8-11H2,1H3,(H,17,19). The summed E-state index contributed by atoms with van der Waals surface area (Å²) in [6, 6.07) is 9.94. The molecule has 1 amide bonds. The fourth-order valence-electron chi connectivity index (χ4n) is 2.45. The van der Waals surface area contributed by atoms with Crippen LogP contribution in [0.4, 0.5) is 5.00 Å². The number of hydrogen-bond acceptors (Lipinski definition) is 6. The van der Waals surface area contributed by atoms with Crippen LogP contribution in [0.5, 0.6) is 5.75 Å². The number of sulfonamides is 1. The van der Waals surface area contributed by atoms with E-state index in [-0.39, 0.29) is 10.1 Å². The lowest BCUT2D eigenvalue weighted by Crippen LogP contribution is -2.40. The third-order valence-corrected chi connectivity index (χ3v) is 7.10. The minimum Gasteiger partial charge on any atom is -0.496 e. The maximum absolute atomic E-state index is 12.6. The molecule has 1 saturated heterocycles. The van der Waals surface area contributed by atoms with E-state index < -0.39 is 10.0 Å². The molecular weight excluding hydrogens is 364 g/mol. The van der Waals surface area contributed by atoms with Crippen molar-refractivity contribution < 1.29 is 22.7 Å². The molecule has 0 radical (unpaired) electrons. The number of benzene rings is 1. The van der Waals surface area contributed by atoms with Crippen LogP contribution in [0.25, 0.3) is 0 Å². The highest BCUT2D eigenvalue weighted by Gasteiger charge is 2.28. The molecule has 134 valence electrons. The van der Waals surface area contributed by atoms with Crippen LogP contribution in [-0.2, 0) is 14.8 Å². The molecule has 0 atom stereocenters. The predicted molar refractivity (Wildman–Crippen MR) is 94.8 cm³/mol. The van der Waals surface area contributed by atoms with Crippen molar-refractivity contribution in [1.82, 2.24) is 4.31 Å². The van der Waals surface area contributed by atoms with Gasteiger partial charge in [0.25, 0.3) is 15.9 Å². The zero-order valence-electron chi connectivity index (χ0n) is 13.6. The molecule has 1 aliphatic heterocycles. The summed E-state index contributed by atoms with van der Waals surface area (Å²) in [5.74, 6) is 0.104. The first-order valence-electron chi connectivity index (χ1n) is 7.64. The third-order valence-electron chi connectivity index (χ3n) is 3.73. The average Bonchev–Trinajstić information content (AvgIpc) is 3.11. The lowest BCUT2D eigenvalue weighted by molar-refractivity contribution is 0.0731. The van der Waals surface area contributed by atoms with Crippen LogP contribution >= 0.6 is 11.3 Å². The first-order valence-corrected chi connectivity index (χ1v) is 9.90. The smallest absolute Gasteiger partial charge is 0.260 e. The number of para-hydroxylation sites is 1. The summed E-state index contributed by atoms with van der Waals surface area (Å²) < 4.78 is 37.2. The number of ether oxygens (including phenoxy) is 2. The maximum Gasteiger partial charge on any atom is 0.260 e. The lowest BCUT2D eigenvalue weighted by atomic mass is 10.2. The number of methoxy groups -OCH3 is 1. The molecule has 0 aliphatic carbocycles. The Balaban J connectivity index is 1.76. The van der Waals surface area contributed by atoms with Gasteiger partial charge in [0.2, 0.25) is 0 Å². The van der Waals surface area contributed by atoms with Crippen molar-refractivity contribution in [3.05, 3.63) is 42.0 Å². The molecular formula is C16H18N2O5S2. The van der Waals surface area contributed by atoms with E-state index in [0.29, 0.717) is 42.6 Å². The number of morpholine rings is 1. The number of rotatable bonds is 5. The molecule has 0 bridgehead atoms. The van der Waals surface area contributed by atoms with Crippen molar-refractivity contribution >= 4 is 32.3 Å². The summed E-state index contributed by atoms with van der Waals surface area (Å²) in [5.41, 5.74) is 0.385. The highest BCUT2D eigenvalue weighted by molar-refractivity contribution is 7.91. The van der Waals surface area contributed by atoms with Crippen molar-refractivity contribution in [2.45, 2.75) is 4.21 Å². The van der Waals surface area contributed by atoms with Crippen molar-refractivity contribution in [2.24, 2.45) is 0 Å². The van der Waals surface area contributed by atoms with E-state index in [1.807, 2.05) is 0 Å². The number of carbonyl (C=O) groups is 1. The van der Waals surface area contributed by atoms with Gasteiger partial charge in [0.05, 0.1) is 30.9 Å². The second-order valence-electron chi connectivity index (χ2n) is 5.29. The fraction of sp³-hybridized carbons (Fsp3) is 0.312. The molecule has 1 aromatic carbocycles. The summed E-state index contributed by atoms with van der Waals surface area (Å²) in [6.07, 6.45) is 0. The summed E-state index contributed by atoms with van der Waals surface area (Å²) in [7, 11) is -2.07. The molecule has 0 unspecified atom stereocenters. The Morgan fingerprint density at radius 3 is 2.64 bits per heavy atom. The Kier molecular flexibility index (Phi) is 5.38. The van der Waals surface area contributed by atoms with Crippen molar-refractivity contribution in [1.29, 1.82) is 0 Å². The van der Waals surface area contributed by atoms with E-state index in [1.54, 1.807) is 30.3 Å². The zero-order chi connectivity index (χ0) is 17.9. The molecule has 2 heterocycles. The van der Waals surface area contributed by atoms with Gasteiger partial charge in [-0.25, -0.2) is 8.42 Å². The molecule has 0 spiro atoms. The first-order chi connectivity index (χ1) is 12.0. The van der Waals surface area contributed by atoms with Gasteiger partial charge in [-0.3, -0.25) is 4.79 Å². The van der Waals surface area contributed by atoms with Gasteiger partial charge in [-0.15, -0.1) is 11.3 Å². The van der Waals surface area contributed by atoms with Crippen LogP contribution in [0, 0.1) is 0 Å². The van der Waals surface area contributed by atoms with Gasteiger partial charge < -0.3 is 14.8 Å². The van der Waals surface area contributed by atoms with Crippen LogP contribution in [0.1, 0.15) is 10.4 Å². The van der Waals surface area contributed by atoms with Crippen molar-refractivity contribution in [2.75, 3.05) is 38.7 Å². The van der Waals surface area contributed by atoms with Crippen LogP contribution in [0.3, 0.4) is 0 Å². The molecule has 1 aliphatic rings. The second-order valence-corrected chi connectivity index (χ2v) is 8.54. The molecule has 9 heteroatoms. The van der Waals surface area contributed by atoms with Crippen LogP contribution in [0.2, 0.25) is 0 Å². The molecule has 1 N–H and O–H groups in total. The molecule has 2 aromatic rings. The van der Waals surface area contributed by atoms with Gasteiger partial charge in [-0.1, -0.05) is 12.1 Å². The maximum atomic E-state index is 12.6. The van der Waals surface area contributed by atoms with Gasteiger partial charge in [0.15, 0.2) is 0 Å². The number of thiophene rings is 1. The van der Waals surface area contributed by atoms with Crippen LogP contribution in [0.15, 0.2) is 40.6 Å². The van der Waals surface area contributed by atoms with E-state index in [4.69, 9.17) is 9.47 Å². The average molecular weight is 382 g/mol. The van der Waals surface area contributed by atoms with E-state index in [2.05, 4.69) is 5.32 Å². The Hall–Kier alpha value is -1.94. The molecule has 3 rings (SSSR count). The number of nitrogens with one attached hydrogen (secondary N) is 1. The van der Waals surface area contributed by atoms with E-state index in [0.717, 1.165) is 11.3 Å². The predicted octanol–water partition coefficient (Wildman–Crippen LogP) is 2.03. The van der Waals surface area contributed by atoms with Crippen molar-refractivity contribution in [3.63, 3.8) is 0 Å². The summed E-state index contributed by atoms with van der Waals surface area (Å²) in [6.45, 7) is 1.45. The van der Waals surface area contributed by atoms with Gasteiger partial charge >= 0.3 is 0 Å². The minimum atomic E-state index is -3.56. The van der Waals surface area contributed by atoms with Crippen LogP contribution in [-0.4, -0.2) is 52.0 Å². The minimum absolute atomic E-state index is 0.199. The van der Waals surface area contributed by atoms with E-state index in [9.17, 15) is 13.2 Å². The summed E-state index contributed by atoms with van der Waals surface area (Å²) >= 11 is 1.03. The quantitative estimate of drug-likeness (QED) is 0.855. The lowest BCUT2D eigenvalue weighted by Gasteiger charge is -2.25. The molecule has 7 nitrogen and oxygen atoms in total. The highest BCUT2D eigenvalue weighted by atomic mass is 32.2. The number of amides is 1. The number of carbonyl (C=O) groups excluding carboxylic acids is 1. The second kappa shape index (κ2) is 7.52. The molecule has 1 fully saturated rings. The monoisotopic (exact) mass is 382 g/mol. The van der Waals surface area contributed by atoms with Crippen LogP contribution < -0.4 is 10.1 Å². The number of anilines is 1. The largest absolute Gasteiger partial charge is 0.496 e. The summed E-state index contributed by atoms with van der Waals surface area (Å²) in [5, 5.41) is 3.18. The Bertz CT molecular complexity index is 857. The zero-order valence-corrected chi connectivity index (χ0v) is 15.2. The van der Waals surface area contributed by atoms with Crippen molar-refractivity contribution in [3.8, 4) is 5.75 Å².